The summed E-state index contributed by atoms with van der Waals surface area (Å²) in [7, 11) is 0. The topological polar surface area (TPSA) is 53.6 Å². The summed E-state index contributed by atoms with van der Waals surface area (Å²) in [6.07, 6.45) is 4.10. The summed E-state index contributed by atoms with van der Waals surface area (Å²) < 4.78 is 0. The Morgan fingerprint density at radius 1 is 1.35 bits per heavy atom. The third kappa shape index (κ3) is 3.55. The molecule has 124 valence electrons. The van der Waals surface area contributed by atoms with Crippen molar-refractivity contribution >= 4 is 34.8 Å². The van der Waals surface area contributed by atoms with Gasteiger partial charge in [0.1, 0.15) is 0 Å². The summed E-state index contributed by atoms with van der Waals surface area (Å²) in [6.45, 7) is 13.3. The Balaban J connectivity index is 2.53. The van der Waals surface area contributed by atoms with E-state index in [1.165, 1.54) is 22.4 Å². The normalized spacial score (nSPS) is 16.5. The van der Waals surface area contributed by atoms with E-state index in [4.69, 9.17) is 18.0 Å². The molecule has 0 fully saturated rings. The first kappa shape index (κ1) is 17.5. The predicted molar refractivity (Wildman–Crippen MR) is 104 cm³/mol. The molecule has 3 N–H and O–H groups in total. The van der Waals surface area contributed by atoms with Crippen LogP contribution in [0.4, 0.5) is 5.69 Å². The van der Waals surface area contributed by atoms with E-state index in [-0.39, 0.29) is 10.7 Å². The van der Waals surface area contributed by atoms with Gasteiger partial charge in [-0.05, 0) is 82.6 Å². The molecular formula is C18H26N4S. The highest BCUT2D eigenvalue weighted by molar-refractivity contribution is 7.80. The second-order valence-electron chi connectivity index (χ2n) is 6.90. The number of hydrazone groups is 1. The number of nitrogens with one attached hydrogen (secondary N) is 1. The van der Waals surface area contributed by atoms with E-state index in [0.717, 1.165) is 5.56 Å². The van der Waals surface area contributed by atoms with E-state index in [2.05, 4.69) is 75.2 Å². The van der Waals surface area contributed by atoms with Gasteiger partial charge in [0, 0.05) is 17.3 Å². The summed E-state index contributed by atoms with van der Waals surface area (Å²) >= 11 is 4.77. The molecule has 0 radical (unpaired) electrons. The van der Waals surface area contributed by atoms with Crippen LogP contribution in [-0.4, -0.2) is 22.9 Å². The number of hydrogen-bond donors (Lipinski definition) is 2. The number of fused-ring (bicyclic) bond motifs is 1. The lowest BCUT2D eigenvalue weighted by Crippen LogP contribution is -2.49. The van der Waals surface area contributed by atoms with E-state index in [1.807, 2.05) is 0 Å². The fourth-order valence-corrected chi connectivity index (χ4v) is 3.51. The van der Waals surface area contributed by atoms with Gasteiger partial charge in [-0.2, -0.15) is 5.10 Å². The molecule has 0 aliphatic carbocycles. The minimum atomic E-state index is 0.000584. The monoisotopic (exact) mass is 330 g/mol. The molecule has 5 heteroatoms. The third-order valence-corrected chi connectivity index (χ3v) is 4.25. The van der Waals surface area contributed by atoms with E-state index in [0.29, 0.717) is 6.04 Å². The first-order valence-electron chi connectivity index (χ1n) is 7.86. The lowest BCUT2D eigenvalue weighted by atomic mass is 9.86. The van der Waals surface area contributed by atoms with E-state index < -0.39 is 0 Å². The van der Waals surface area contributed by atoms with Gasteiger partial charge in [-0.3, -0.25) is 5.43 Å². The quantitative estimate of drug-likeness (QED) is 0.505. The number of aryl methyl sites for hydroxylation is 1. The van der Waals surface area contributed by atoms with Gasteiger partial charge in [0.05, 0.1) is 11.8 Å². The highest BCUT2D eigenvalue weighted by Crippen LogP contribution is 2.41. The first-order chi connectivity index (χ1) is 10.6. The van der Waals surface area contributed by atoms with Crippen LogP contribution in [0.25, 0.3) is 5.57 Å². The summed E-state index contributed by atoms with van der Waals surface area (Å²) in [4.78, 5) is 2.47. The SMILES string of the molecule is CC1=CC(C)(C)N(C(C)C)c2cc(C)c(/C=N/NC(N)=S)cc21. The average molecular weight is 331 g/mol. The zero-order valence-corrected chi connectivity index (χ0v) is 15.6. The van der Waals surface area contributed by atoms with Gasteiger partial charge >= 0.3 is 0 Å². The Morgan fingerprint density at radius 2 is 2.00 bits per heavy atom. The van der Waals surface area contributed by atoms with Crippen LogP contribution in [0.3, 0.4) is 0 Å². The molecule has 1 heterocycles. The van der Waals surface area contributed by atoms with Crippen LogP contribution in [0.1, 0.15) is 51.3 Å². The van der Waals surface area contributed by atoms with Crippen LogP contribution in [0.5, 0.6) is 0 Å². The zero-order chi connectivity index (χ0) is 17.4. The molecular weight excluding hydrogens is 304 g/mol. The molecule has 0 atom stereocenters. The van der Waals surface area contributed by atoms with Crippen molar-refractivity contribution in [3.05, 3.63) is 34.9 Å². The molecule has 0 saturated carbocycles. The number of anilines is 1. The lowest BCUT2D eigenvalue weighted by molar-refractivity contribution is 0.507. The Morgan fingerprint density at radius 3 is 2.57 bits per heavy atom. The maximum absolute atomic E-state index is 5.40. The van der Waals surface area contributed by atoms with Gasteiger partial charge < -0.3 is 10.6 Å². The highest BCUT2D eigenvalue weighted by atomic mass is 32.1. The summed E-state index contributed by atoms with van der Waals surface area (Å²) in [5.41, 5.74) is 14.1. The second kappa shape index (κ2) is 6.32. The number of nitrogens with two attached hydrogens (primary N) is 1. The van der Waals surface area contributed by atoms with Gasteiger partial charge in [0.25, 0.3) is 0 Å². The number of thiocarbonyl (C=S) groups is 1. The second-order valence-corrected chi connectivity index (χ2v) is 7.34. The maximum atomic E-state index is 5.40. The number of benzene rings is 1. The largest absolute Gasteiger partial charge is 0.375 e. The fraction of sp³-hybridized carbons (Fsp3) is 0.444. The minimum Gasteiger partial charge on any atom is -0.375 e. The van der Waals surface area contributed by atoms with Crippen molar-refractivity contribution in [1.29, 1.82) is 0 Å². The molecule has 0 bridgehead atoms. The smallest absolute Gasteiger partial charge is 0.184 e. The van der Waals surface area contributed by atoms with Crippen molar-refractivity contribution in [3.63, 3.8) is 0 Å². The summed E-state index contributed by atoms with van der Waals surface area (Å²) in [6, 6.07) is 4.85. The van der Waals surface area contributed by atoms with Gasteiger partial charge in [0.15, 0.2) is 5.11 Å². The Bertz CT molecular complexity index is 687. The molecule has 0 amide bonds. The summed E-state index contributed by atoms with van der Waals surface area (Å²) in [5, 5.41) is 4.25. The van der Waals surface area contributed by atoms with E-state index >= 15 is 0 Å². The predicted octanol–water partition coefficient (Wildman–Crippen LogP) is 3.57. The van der Waals surface area contributed by atoms with Crippen LogP contribution in [-0.2, 0) is 0 Å². The Kier molecular flexibility index (Phi) is 4.80. The van der Waals surface area contributed by atoms with Gasteiger partial charge in [-0.15, -0.1) is 0 Å². The standard InChI is InChI=1S/C18H26N4S/c1-11(2)22-16-7-12(3)14(10-20-21-17(19)23)8-15(16)13(4)9-18(22,5)6/h7-11H,1-6H3,(H3,19,21,23)/b20-10+. The molecule has 1 aliphatic rings. The van der Waals surface area contributed by atoms with Crippen molar-refractivity contribution in [2.75, 3.05) is 4.90 Å². The molecule has 0 spiro atoms. The lowest BCUT2D eigenvalue weighted by Gasteiger charge is -2.46. The molecule has 1 aliphatic heterocycles. The van der Waals surface area contributed by atoms with E-state index in [1.54, 1.807) is 6.21 Å². The van der Waals surface area contributed by atoms with Crippen LogP contribution < -0.4 is 16.1 Å². The van der Waals surface area contributed by atoms with Crippen molar-refractivity contribution in [3.8, 4) is 0 Å². The number of allylic oxidation sites excluding steroid dienone is 1. The van der Waals surface area contributed by atoms with Crippen molar-refractivity contribution < 1.29 is 0 Å². The summed E-state index contributed by atoms with van der Waals surface area (Å²) in [5.74, 6) is 0. The van der Waals surface area contributed by atoms with Gasteiger partial charge in [-0.25, -0.2) is 0 Å². The maximum Gasteiger partial charge on any atom is 0.184 e. The van der Waals surface area contributed by atoms with Crippen molar-refractivity contribution in [2.45, 2.75) is 53.1 Å². The molecule has 0 saturated heterocycles. The fourth-order valence-electron chi connectivity index (χ4n) is 3.46. The number of hydrogen-bond acceptors (Lipinski definition) is 3. The van der Waals surface area contributed by atoms with Crippen LogP contribution in [0.2, 0.25) is 0 Å². The van der Waals surface area contributed by atoms with Gasteiger partial charge in [-0.1, -0.05) is 6.08 Å². The van der Waals surface area contributed by atoms with Crippen LogP contribution in [0, 0.1) is 6.92 Å². The molecule has 1 aromatic rings. The highest BCUT2D eigenvalue weighted by Gasteiger charge is 2.33. The molecule has 1 aromatic carbocycles. The number of rotatable bonds is 3. The molecule has 0 unspecified atom stereocenters. The molecule has 4 nitrogen and oxygen atoms in total. The Labute approximate surface area is 144 Å². The average Bonchev–Trinajstić information content (AvgIpc) is 2.38. The van der Waals surface area contributed by atoms with Gasteiger partial charge in [0.2, 0.25) is 0 Å². The van der Waals surface area contributed by atoms with Crippen molar-refractivity contribution in [1.82, 2.24) is 5.43 Å². The first-order valence-corrected chi connectivity index (χ1v) is 8.26. The van der Waals surface area contributed by atoms with Crippen LogP contribution >= 0.6 is 12.2 Å². The van der Waals surface area contributed by atoms with Crippen molar-refractivity contribution in [2.24, 2.45) is 10.8 Å². The molecule has 2 rings (SSSR count). The van der Waals surface area contributed by atoms with E-state index in [9.17, 15) is 0 Å². The third-order valence-electron chi connectivity index (χ3n) is 4.15. The zero-order valence-electron chi connectivity index (χ0n) is 14.8. The van der Waals surface area contributed by atoms with Crippen LogP contribution in [0.15, 0.2) is 23.3 Å². The molecule has 0 aromatic heterocycles. The molecule has 23 heavy (non-hydrogen) atoms. The minimum absolute atomic E-state index is 0.000584. The number of nitrogens with zero attached hydrogens (tertiary/aromatic N) is 2. The Hall–Kier alpha value is -1.88.